The van der Waals surface area contributed by atoms with Crippen molar-refractivity contribution in [1.82, 2.24) is 25.3 Å². The molecule has 1 atom stereocenters. The molecule has 1 aliphatic rings. The fourth-order valence-electron chi connectivity index (χ4n) is 4.55. The minimum atomic E-state index is -2.87. The summed E-state index contributed by atoms with van der Waals surface area (Å²) in [5, 5.41) is 6.84. The number of hydrogen-bond donors (Lipinski definition) is 2. The van der Waals surface area contributed by atoms with Gasteiger partial charge in [-0.15, -0.1) is 0 Å². The van der Waals surface area contributed by atoms with Crippen molar-refractivity contribution in [3.8, 4) is 0 Å². The lowest BCUT2D eigenvalue weighted by Crippen LogP contribution is -2.43. The predicted molar refractivity (Wildman–Crippen MR) is 151 cm³/mol. The Hall–Kier alpha value is -2.06. The largest absolute Gasteiger partial charge is 0.343 e. The summed E-state index contributed by atoms with van der Waals surface area (Å²) >= 11 is 0. The number of carbonyl (C=O) groups excluding carboxylic acids is 1. The van der Waals surface area contributed by atoms with Crippen molar-refractivity contribution < 1.29 is 13.9 Å². The van der Waals surface area contributed by atoms with Crippen molar-refractivity contribution in [2.45, 2.75) is 20.0 Å². The summed E-state index contributed by atoms with van der Waals surface area (Å²) in [6, 6.07) is 20.9. The highest BCUT2D eigenvalue weighted by Gasteiger charge is 2.27. The topological polar surface area (TPSA) is 77.2 Å². The van der Waals surface area contributed by atoms with Crippen molar-refractivity contribution in [3.63, 3.8) is 0 Å². The van der Waals surface area contributed by atoms with Crippen molar-refractivity contribution >= 4 is 13.8 Å². The van der Waals surface area contributed by atoms with E-state index in [-0.39, 0.29) is 0 Å². The first kappa shape index (κ1) is 29.5. The fourth-order valence-corrected chi connectivity index (χ4v) is 6.85. The van der Waals surface area contributed by atoms with Gasteiger partial charge in [0.05, 0.1) is 12.9 Å². The fraction of sp³-hybridized carbons (Fsp3) is 0.536. The van der Waals surface area contributed by atoms with Crippen LogP contribution in [0.25, 0.3) is 0 Å². The number of carbonyl (C=O) groups is 1. The average molecular weight is 530 g/mol. The molecule has 2 aromatic rings. The summed E-state index contributed by atoms with van der Waals surface area (Å²) < 4.78 is 20.1. The van der Waals surface area contributed by atoms with Crippen molar-refractivity contribution in [3.05, 3.63) is 71.8 Å². The molecule has 0 spiro atoms. The Morgan fingerprint density at radius 1 is 0.865 bits per heavy atom. The lowest BCUT2D eigenvalue weighted by atomic mass is 10.1. The molecule has 2 N–H and O–H groups in total. The van der Waals surface area contributed by atoms with Gasteiger partial charge in [0.1, 0.15) is 0 Å². The molecule has 37 heavy (non-hydrogen) atoms. The third-order valence-corrected chi connectivity index (χ3v) is 8.99. The lowest BCUT2D eigenvalue weighted by molar-refractivity contribution is -0.118. The lowest BCUT2D eigenvalue weighted by Gasteiger charge is -2.30. The minimum absolute atomic E-state index is 0.445. The molecule has 9 heteroatoms. The van der Waals surface area contributed by atoms with Gasteiger partial charge in [0.25, 0.3) is 0 Å². The van der Waals surface area contributed by atoms with E-state index in [2.05, 4.69) is 69.0 Å². The van der Waals surface area contributed by atoms with Gasteiger partial charge in [0.15, 0.2) is 0 Å². The Balaban J connectivity index is 1.62. The number of benzene rings is 2. The SMILES string of the molecule is CCOP(=O)(CCN(Cc1ccccc1)Cc1ccccc1)CN1CCNCCN(C=O)CCNCC1. The van der Waals surface area contributed by atoms with Gasteiger partial charge in [-0.1, -0.05) is 60.7 Å². The second kappa shape index (κ2) is 16.7. The number of hydrogen-bond acceptors (Lipinski definition) is 7. The molecule has 0 aromatic heterocycles. The molecule has 1 aliphatic heterocycles. The van der Waals surface area contributed by atoms with Crippen LogP contribution in [0.2, 0.25) is 0 Å². The van der Waals surface area contributed by atoms with Crippen LogP contribution in [0.5, 0.6) is 0 Å². The summed E-state index contributed by atoms with van der Waals surface area (Å²) in [7, 11) is -2.87. The van der Waals surface area contributed by atoms with E-state index in [9.17, 15) is 9.36 Å². The number of nitrogens with one attached hydrogen (secondary N) is 2. The molecule has 1 amide bonds. The van der Waals surface area contributed by atoms with E-state index in [1.165, 1.54) is 11.1 Å². The van der Waals surface area contributed by atoms with Crippen LogP contribution in [0, 0.1) is 0 Å². The van der Waals surface area contributed by atoms with E-state index < -0.39 is 7.37 Å². The van der Waals surface area contributed by atoms with Gasteiger partial charge in [0, 0.05) is 78.2 Å². The maximum atomic E-state index is 14.1. The zero-order valence-electron chi connectivity index (χ0n) is 22.3. The molecule has 8 nitrogen and oxygen atoms in total. The maximum absolute atomic E-state index is 14.1. The molecule has 1 unspecified atom stereocenters. The monoisotopic (exact) mass is 529 g/mol. The zero-order valence-corrected chi connectivity index (χ0v) is 23.2. The summed E-state index contributed by atoms with van der Waals surface area (Å²) in [5.74, 6) is 0. The van der Waals surface area contributed by atoms with Crippen LogP contribution in [0.3, 0.4) is 0 Å². The predicted octanol–water partition coefficient (Wildman–Crippen LogP) is 2.91. The maximum Gasteiger partial charge on any atom is 0.217 e. The van der Waals surface area contributed by atoms with Crippen LogP contribution in [0.1, 0.15) is 18.1 Å². The van der Waals surface area contributed by atoms with Gasteiger partial charge >= 0.3 is 0 Å². The quantitative estimate of drug-likeness (QED) is 0.323. The van der Waals surface area contributed by atoms with Crippen molar-refractivity contribution in [1.29, 1.82) is 0 Å². The van der Waals surface area contributed by atoms with Gasteiger partial charge < -0.3 is 20.1 Å². The second-order valence-corrected chi connectivity index (χ2v) is 12.2. The molecule has 204 valence electrons. The van der Waals surface area contributed by atoms with E-state index in [4.69, 9.17) is 4.52 Å². The third kappa shape index (κ3) is 11.5. The summed E-state index contributed by atoms with van der Waals surface area (Å²) in [6.07, 6.45) is 1.89. The highest BCUT2D eigenvalue weighted by molar-refractivity contribution is 7.58. The van der Waals surface area contributed by atoms with Gasteiger partial charge in [-0.25, -0.2) is 0 Å². The molecule has 3 rings (SSSR count). The van der Waals surface area contributed by atoms with E-state index >= 15 is 0 Å². The van der Waals surface area contributed by atoms with Crippen LogP contribution in [-0.4, -0.2) is 99.1 Å². The van der Waals surface area contributed by atoms with Crippen LogP contribution in [-0.2, 0) is 27.0 Å². The molecule has 1 saturated heterocycles. The highest BCUT2D eigenvalue weighted by atomic mass is 31.2. The Labute approximate surface area is 222 Å². The standard InChI is InChI=1S/C28H44N5O3P/c1-2-36-37(35,26-32-19-15-29-13-17-31(25-34)18-14-30-16-20-32)22-21-33(23-27-9-5-3-6-10-27)24-28-11-7-4-8-12-28/h3-12,25,29-30H,2,13-24,26H2,1H3. The molecule has 0 bridgehead atoms. The first-order chi connectivity index (χ1) is 18.1. The first-order valence-electron chi connectivity index (χ1n) is 13.5. The van der Waals surface area contributed by atoms with E-state index in [1.54, 1.807) is 4.90 Å². The Kier molecular flexibility index (Phi) is 13.3. The average Bonchev–Trinajstić information content (AvgIpc) is 2.90. The van der Waals surface area contributed by atoms with Crippen molar-refractivity contribution in [2.75, 3.05) is 78.0 Å². The van der Waals surface area contributed by atoms with Crippen LogP contribution < -0.4 is 10.6 Å². The molecular weight excluding hydrogens is 485 g/mol. The number of rotatable bonds is 12. The number of amides is 1. The van der Waals surface area contributed by atoms with Gasteiger partial charge in [-0.05, 0) is 18.1 Å². The Morgan fingerprint density at radius 3 is 1.86 bits per heavy atom. The molecular formula is C28H44N5O3P. The second-order valence-electron chi connectivity index (χ2n) is 9.54. The zero-order chi connectivity index (χ0) is 26.2. The van der Waals surface area contributed by atoms with Crippen LogP contribution >= 0.6 is 7.37 Å². The number of nitrogens with zero attached hydrogens (tertiary/aromatic N) is 3. The summed E-state index contributed by atoms with van der Waals surface area (Å²) in [6.45, 7) is 10.7. The summed E-state index contributed by atoms with van der Waals surface area (Å²) in [5.41, 5.74) is 2.50. The normalized spacial score (nSPS) is 18.1. The van der Waals surface area contributed by atoms with Crippen LogP contribution in [0.15, 0.2) is 60.7 Å². The van der Waals surface area contributed by atoms with Gasteiger partial charge in [0.2, 0.25) is 13.8 Å². The molecule has 0 saturated carbocycles. The minimum Gasteiger partial charge on any atom is -0.343 e. The van der Waals surface area contributed by atoms with Gasteiger partial charge in [-0.3, -0.25) is 19.2 Å². The van der Waals surface area contributed by atoms with Gasteiger partial charge in [-0.2, -0.15) is 0 Å². The first-order valence-corrected chi connectivity index (χ1v) is 15.5. The molecule has 2 aromatic carbocycles. The van der Waals surface area contributed by atoms with E-state index in [0.29, 0.717) is 38.7 Å². The Morgan fingerprint density at radius 2 is 1.38 bits per heavy atom. The van der Waals surface area contributed by atoms with Crippen molar-refractivity contribution in [2.24, 2.45) is 0 Å². The van der Waals surface area contributed by atoms with Crippen LogP contribution in [0.4, 0.5) is 0 Å². The van der Waals surface area contributed by atoms with E-state index in [0.717, 1.165) is 58.8 Å². The smallest absolute Gasteiger partial charge is 0.217 e. The molecule has 0 aliphatic carbocycles. The highest BCUT2D eigenvalue weighted by Crippen LogP contribution is 2.47. The Bertz CT molecular complexity index is 878. The van der Waals surface area contributed by atoms with E-state index in [1.807, 2.05) is 19.1 Å². The molecule has 1 heterocycles. The molecule has 0 radical (unpaired) electrons. The summed E-state index contributed by atoms with van der Waals surface area (Å²) in [4.78, 5) is 17.6. The third-order valence-electron chi connectivity index (χ3n) is 6.55. The molecule has 1 fully saturated rings.